The number of amides is 1. The second-order valence-electron chi connectivity index (χ2n) is 4.85. The van der Waals surface area contributed by atoms with Gasteiger partial charge in [-0.1, -0.05) is 12.8 Å². The zero-order valence-corrected chi connectivity index (χ0v) is 10.4. The van der Waals surface area contributed by atoms with Gasteiger partial charge in [0.15, 0.2) is 0 Å². The highest BCUT2D eigenvalue weighted by Crippen LogP contribution is 2.30. The lowest BCUT2D eigenvalue weighted by Crippen LogP contribution is -2.40. The molecule has 0 spiro atoms. The Hall–Kier alpha value is -1.91. The Bertz CT molecular complexity index is 441. The van der Waals surface area contributed by atoms with Gasteiger partial charge >= 0.3 is 0 Å². The van der Waals surface area contributed by atoms with Gasteiger partial charge in [0.2, 0.25) is 5.91 Å². The first kappa shape index (κ1) is 12.5. The summed E-state index contributed by atoms with van der Waals surface area (Å²) in [5, 5.41) is 0. The lowest BCUT2D eigenvalue weighted by molar-refractivity contribution is -0.116. The van der Waals surface area contributed by atoms with Crippen LogP contribution in [0.2, 0.25) is 0 Å². The molecule has 0 saturated heterocycles. The van der Waals surface area contributed by atoms with E-state index in [0.29, 0.717) is 17.4 Å². The summed E-state index contributed by atoms with van der Waals surface area (Å²) < 4.78 is 0. The number of nitrogen functional groups attached to an aromatic ring is 2. The molecule has 0 unspecified atom stereocenters. The fourth-order valence-corrected chi connectivity index (χ4v) is 2.56. The van der Waals surface area contributed by atoms with Gasteiger partial charge in [-0.3, -0.25) is 4.79 Å². The zero-order chi connectivity index (χ0) is 13.1. The molecular formula is C13H20N4O. The average Bonchev–Trinajstić information content (AvgIpc) is 2.83. The summed E-state index contributed by atoms with van der Waals surface area (Å²) in [5.74, 6) is -0.322. The first-order valence-corrected chi connectivity index (χ1v) is 6.28. The van der Waals surface area contributed by atoms with Crippen LogP contribution in [0.4, 0.5) is 17.1 Å². The summed E-state index contributed by atoms with van der Waals surface area (Å²) in [5.41, 5.74) is 18.9. The van der Waals surface area contributed by atoms with Crippen molar-refractivity contribution in [1.29, 1.82) is 0 Å². The van der Waals surface area contributed by atoms with Crippen molar-refractivity contribution in [1.82, 2.24) is 0 Å². The quantitative estimate of drug-likeness (QED) is 0.694. The first-order chi connectivity index (χ1) is 8.58. The van der Waals surface area contributed by atoms with Crippen LogP contribution in [-0.4, -0.2) is 18.5 Å². The van der Waals surface area contributed by atoms with Crippen molar-refractivity contribution in [3.8, 4) is 0 Å². The minimum Gasteiger partial charge on any atom is -0.397 e. The van der Waals surface area contributed by atoms with Crippen molar-refractivity contribution in [2.45, 2.75) is 31.7 Å². The van der Waals surface area contributed by atoms with E-state index in [4.69, 9.17) is 17.2 Å². The van der Waals surface area contributed by atoms with Crippen molar-refractivity contribution in [2.75, 3.05) is 22.9 Å². The molecule has 18 heavy (non-hydrogen) atoms. The van der Waals surface area contributed by atoms with Gasteiger partial charge in [-0.05, 0) is 31.0 Å². The molecule has 0 radical (unpaired) electrons. The zero-order valence-electron chi connectivity index (χ0n) is 10.4. The Kier molecular flexibility index (Phi) is 3.60. The number of primary amides is 1. The maximum Gasteiger partial charge on any atom is 0.236 e. The van der Waals surface area contributed by atoms with E-state index in [2.05, 4.69) is 0 Å². The molecule has 1 aromatic rings. The van der Waals surface area contributed by atoms with Gasteiger partial charge in [0.25, 0.3) is 0 Å². The van der Waals surface area contributed by atoms with Crippen LogP contribution in [0.5, 0.6) is 0 Å². The Balaban J connectivity index is 2.26. The number of carbonyl (C=O) groups is 1. The highest BCUT2D eigenvalue weighted by atomic mass is 16.1. The van der Waals surface area contributed by atoms with E-state index < -0.39 is 0 Å². The van der Waals surface area contributed by atoms with E-state index in [1.54, 1.807) is 6.07 Å². The third-order valence-corrected chi connectivity index (χ3v) is 3.49. The predicted molar refractivity (Wildman–Crippen MR) is 74.1 cm³/mol. The largest absolute Gasteiger partial charge is 0.397 e. The normalized spacial score (nSPS) is 15.8. The number of hydrogen-bond acceptors (Lipinski definition) is 4. The van der Waals surface area contributed by atoms with Crippen LogP contribution in [0.15, 0.2) is 18.2 Å². The topological polar surface area (TPSA) is 98.4 Å². The van der Waals surface area contributed by atoms with E-state index in [0.717, 1.165) is 18.5 Å². The summed E-state index contributed by atoms with van der Waals surface area (Å²) in [7, 11) is 0. The molecule has 1 aliphatic carbocycles. The van der Waals surface area contributed by atoms with Crippen molar-refractivity contribution < 1.29 is 4.79 Å². The van der Waals surface area contributed by atoms with E-state index in [-0.39, 0.29) is 12.5 Å². The molecule has 98 valence electrons. The van der Waals surface area contributed by atoms with Crippen molar-refractivity contribution in [3.05, 3.63) is 18.2 Å². The van der Waals surface area contributed by atoms with Crippen LogP contribution in [0.1, 0.15) is 25.7 Å². The molecule has 1 saturated carbocycles. The molecular weight excluding hydrogens is 228 g/mol. The van der Waals surface area contributed by atoms with Crippen LogP contribution < -0.4 is 22.1 Å². The van der Waals surface area contributed by atoms with Gasteiger partial charge in [0.1, 0.15) is 0 Å². The van der Waals surface area contributed by atoms with Gasteiger partial charge in [-0.25, -0.2) is 0 Å². The number of anilines is 3. The van der Waals surface area contributed by atoms with Crippen LogP contribution in [-0.2, 0) is 4.79 Å². The number of nitrogens with zero attached hydrogens (tertiary/aromatic N) is 1. The Morgan fingerprint density at radius 3 is 2.44 bits per heavy atom. The van der Waals surface area contributed by atoms with E-state index in [1.165, 1.54) is 12.8 Å². The molecule has 5 heteroatoms. The smallest absolute Gasteiger partial charge is 0.236 e. The molecule has 0 atom stereocenters. The second kappa shape index (κ2) is 5.16. The highest BCUT2D eigenvalue weighted by Gasteiger charge is 2.24. The average molecular weight is 248 g/mol. The summed E-state index contributed by atoms with van der Waals surface area (Å²) in [6.07, 6.45) is 4.59. The lowest BCUT2D eigenvalue weighted by Gasteiger charge is -2.30. The second-order valence-corrected chi connectivity index (χ2v) is 4.85. The SMILES string of the molecule is NC(=O)CN(c1ccc(N)c(N)c1)C1CCCC1. The lowest BCUT2D eigenvalue weighted by atomic mass is 10.1. The molecule has 5 nitrogen and oxygen atoms in total. The van der Waals surface area contributed by atoms with Gasteiger partial charge in [0.05, 0.1) is 17.9 Å². The third-order valence-electron chi connectivity index (χ3n) is 3.49. The molecule has 1 fully saturated rings. The van der Waals surface area contributed by atoms with E-state index >= 15 is 0 Å². The maximum absolute atomic E-state index is 11.2. The van der Waals surface area contributed by atoms with Gasteiger partial charge in [0, 0.05) is 11.7 Å². The van der Waals surface area contributed by atoms with Crippen molar-refractivity contribution in [2.24, 2.45) is 5.73 Å². The van der Waals surface area contributed by atoms with Gasteiger partial charge in [-0.15, -0.1) is 0 Å². The number of benzene rings is 1. The fourth-order valence-electron chi connectivity index (χ4n) is 2.56. The molecule has 0 aromatic heterocycles. The number of nitrogens with two attached hydrogens (primary N) is 3. The van der Waals surface area contributed by atoms with Crippen LogP contribution >= 0.6 is 0 Å². The summed E-state index contributed by atoms with van der Waals surface area (Å²) in [6.45, 7) is 0.230. The molecule has 0 aliphatic heterocycles. The van der Waals surface area contributed by atoms with Crippen LogP contribution in [0.25, 0.3) is 0 Å². The summed E-state index contributed by atoms with van der Waals surface area (Å²) in [4.78, 5) is 13.3. The third kappa shape index (κ3) is 2.67. The molecule has 1 aromatic carbocycles. The van der Waals surface area contributed by atoms with Gasteiger partial charge < -0.3 is 22.1 Å². The fraction of sp³-hybridized carbons (Fsp3) is 0.462. The molecule has 1 amide bonds. The van der Waals surface area contributed by atoms with Gasteiger partial charge in [-0.2, -0.15) is 0 Å². The number of rotatable bonds is 4. The molecule has 6 N–H and O–H groups in total. The van der Waals surface area contributed by atoms with E-state index in [1.807, 2.05) is 17.0 Å². The van der Waals surface area contributed by atoms with Crippen LogP contribution in [0.3, 0.4) is 0 Å². The minimum atomic E-state index is -0.322. The molecule has 0 bridgehead atoms. The molecule has 0 heterocycles. The highest BCUT2D eigenvalue weighted by molar-refractivity contribution is 5.81. The Labute approximate surface area is 107 Å². The minimum absolute atomic E-state index is 0.230. The van der Waals surface area contributed by atoms with Crippen LogP contribution in [0, 0.1) is 0 Å². The molecule has 1 aliphatic rings. The Morgan fingerprint density at radius 2 is 1.89 bits per heavy atom. The molecule has 2 rings (SSSR count). The maximum atomic E-state index is 11.2. The summed E-state index contributed by atoms with van der Waals surface area (Å²) in [6, 6.07) is 5.86. The standard InChI is InChI=1S/C13H20N4O/c14-11-6-5-10(7-12(11)15)17(8-13(16)18)9-3-1-2-4-9/h5-7,9H,1-4,8,14-15H2,(H2,16,18). The van der Waals surface area contributed by atoms with Crippen molar-refractivity contribution >= 4 is 23.0 Å². The summed E-state index contributed by atoms with van der Waals surface area (Å²) >= 11 is 0. The predicted octanol–water partition coefficient (Wildman–Crippen LogP) is 1.09. The Morgan fingerprint density at radius 1 is 1.22 bits per heavy atom. The van der Waals surface area contributed by atoms with Crippen molar-refractivity contribution in [3.63, 3.8) is 0 Å². The monoisotopic (exact) mass is 248 g/mol. The van der Waals surface area contributed by atoms with E-state index in [9.17, 15) is 4.79 Å². The number of hydrogen-bond donors (Lipinski definition) is 3. The first-order valence-electron chi connectivity index (χ1n) is 6.28. The number of carbonyl (C=O) groups excluding carboxylic acids is 1.